The summed E-state index contributed by atoms with van der Waals surface area (Å²) in [5, 5.41) is 7.38. The van der Waals surface area contributed by atoms with Crippen LogP contribution in [0, 0.1) is 13.8 Å². The highest BCUT2D eigenvalue weighted by Gasteiger charge is 2.21. The summed E-state index contributed by atoms with van der Waals surface area (Å²) in [7, 11) is 0. The number of hydrogen-bond donors (Lipinski definition) is 1. The number of hydrogen-bond acceptors (Lipinski definition) is 4. The maximum Gasteiger partial charge on any atom is 0.256 e. The Labute approximate surface area is 158 Å². The Morgan fingerprint density at radius 3 is 2.85 bits per heavy atom. The van der Waals surface area contributed by atoms with E-state index in [9.17, 15) is 4.79 Å². The summed E-state index contributed by atoms with van der Waals surface area (Å²) in [5.41, 5.74) is 5.42. The van der Waals surface area contributed by atoms with Gasteiger partial charge in [0.15, 0.2) is 5.65 Å². The van der Waals surface area contributed by atoms with Crippen LogP contribution in [0.3, 0.4) is 0 Å². The molecule has 1 aliphatic rings. The molecule has 1 aromatic carbocycles. The van der Waals surface area contributed by atoms with Crippen LogP contribution in [0.4, 0.5) is 0 Å². The van der Waals surface area contributed by atoms with E-state index >= 15 is 0 Å². The molecule has 1 aliphatic heterocycles. The molecule has 0 aliphatic carbocycles. The fourth-order valence-corrected chi connectivity index (χ4v) is 3.63. The topological polar surface area (TPSA) is 68.5 Å². The van der Waals surface area contributed by atoms with Crippen molar-refractivity contribution in [1.29, 1.82) is 0 Å². The highest BCUT2D eigenvalue weighted by atomic mass is 16.5. The molecule has 4 rings (SSSR count). The van der Waals surface area contributed by atoms with E-state index in [1.54, 1.807) is 10.7 Å². The van der Waals surface area contributed by atoms with Gasteiger partial charge < -0.3 is 10.1 Å². The summed E-state index contributed by atoms with van der Waals surface area (Å²) in [6, 6.07) is 10.3. The minimum absolute atomic E-state index is 0.115. The Morgan fingerprint density at radius 1 is 1.30 bits per heavy atom. The number of ether oxygens (including phenoxy) is 1. The maximum atomic E-state index is 12.6. The molecule has 0 saturated carbocycles. The highest BCUT2D eigenvalue weighted by Crippen LogP contribution is 2.20. The standard InChI is InChI=1S/C21H24N4O2/c1-14-18(11-16-7-4-3-5-8-16)15(2)25-20(24-14)19(13-23-25)21(26)22-12-17-9-6-10-27-17/h3-5,7-8,13,17H,6,9-12H2,1-2H3,(H,22,26). The Hall–Kier alpha value is -2.73. The first-order valence-electron chi connectivity index (χ1n) is 9.41. The smallest absolute Gasteiger partial charge is 0.256 e. The molecule has 3 aromatic rings. The van der Waals surface area contributed by atoms with E-state index in [1.807, 2.05) is 32.0 Å². The summed E-state index contributed by atoms with van der Waals surface area (Å²) in [6.45, 7) is 5.33. The van der Waals surface area contributed by atoms with E-state index in [4.69, 9.17) is 9.72 Å². The Balaban J connectivity index is 1.60. The third-order valence-electron chi connectivity index (χ3n) is 5.19. The van der Waals surface area contributed by atoms with Crippen LogP contribution in [0.5, 0.6) is 0 Å². The van der Waals surface area contributed by atoms with Gasteiger partial charge in [0.05, 0.1) is 12.3 Å². The highest BCUT2D eigenvalue weighted by molar-refractivity contribution is 5.99. The Morgan fingerprint density at radius 2 is 2.11 bits per heavy atom. The molecule has 6 heteroatoms. The lowest BCUT2D eigenvalue weighted by molar-refractivity contribution is 0.0859. The van der Waals surface area contributed by atoms with Crippen molar-refractivity contribution >= 4 is 11.6 Å². The summed E-state index contributed by atoms with van der Waals surface area (Å²) in [5.74, 6) is -0.150. The van der Waals surface area contributed by atoms with E-state index in [1.165, 1.54) is 5.56 Å². The van der Waals surface area contributed by atoms with E-state index in [0.717, 1.165) is 42.8 Å². The van der Waals surface area contributed by atoms with Crippen LogP contribution in [0.25, 0.3) is 5.65 Å². The maximum absolute atomic E-state index is 12.6. The van der Waals surface area contributed by atoms with Crippen LogP contribution in [0.2, 0.25) is 0 Å². The van der Waals surface area contributed by atoms with Gasteiger partial charge in [0.1, 0.15) is 5.56 Å². The molecule has 1 amide bonds. The minimum Gasteiger partial charge on any atom is -0.376 e. The second-order valence-corrected chi connectivity index (χ2v) is 7.06. The Bertz CT molecular complexity index is 959. The van der Waals surface area contributed by atoms with E-state index < -0.39 is 0 Å². The minimum atomic E-state index is -0.150. The average molecular weight is 364 g/mol. The first-order chi connectivity index (χ1) is 13.1. The van der Waals surface area contributed by atoms with Gasteiger partial charge in [-0.2, -0.15) is 5.10 Å². The molecule has 140 valence electrons. The van der Waals surface area contributed by atoms with E-state index in [2.05, 4.69) is 22.5 Å². The fraction of sp³-hybridized carbons (Fsp3) is 0.381. The lowest BCUT2D eigenvalue weighted by atomic mass is 10.0. The summed E-state index contributed by atoms with van der Waals surface area (Å²) in [6.07, 6.45) is 4.56. The zero-order valence-corrected chi connectivity index (χ0v) is 15.7. The molecule has 1 unspecified atom stereocenters. The molecule has 2 aromatic heterocycles. The van der Waals surface area contributed by atoms with Crippen molar-refractivity contribution in [3.8, 4) is 0 Å². The number of aryl methyl sites for hydroxylation is 2. The Kier molecular flexibility index (Phi) is 4.90. The molecule has 1 N–H and O–H groups in total. The largest absolute Gasteiger partial charge is 0.376 e. The van der Waals surface area contributed by atoms with Gasteiger partial charge in [-0.15, -0.1) is 0 Å². The zero-order valence-electron chi connectivity index (χ0n) is 15.7. The summed E-state index contributed by atoms with van der Waals surface area (Å²) >= 11 is 0. The fourth-order valence-electron chi connectivity index (χ4n) is 3.63. The number of nitrogens with zero attached hydrogens (tertiary/aromatic N) is 3. The predicted molar refractivity (Wildman–Crippen MR) is 103 cm³/mol. The number of aromatic nitrogens is 3. The van der Waals surface area contributed by atoms with Gasteiger partial charge in [-0.3, -0.25) is 4.79 Å². The van der Waals surface area contributed by atoms with Crippen LogP contribution >= 0.6 is 0 Å². The molecule has 3 heterocycles. The number of benzene rings is 1. The van der Waals surface area contributed by atoms with Gasteiger partial charge >= 0.3 is 0 Å². The van der Waals surface area contributed by atoms with Crippen molar-refractivity contribution in [2.45, 2.75) is 39.2 Å². The van der Waals surface area contributed by atoms with Crippen LogP contribution in [0.15, 0.2) is 36.5 Å². The summed E-state index contributed by atoms with van der Waals surface area (Å²) < 4.78 is 7.34. The van der Waals surface area contributed by atoms with Gasteiger partial charge in [0.2, 0.25) is 0 Å². The van der Waals surface area contributed by atoms with Gasteiger partial charge in [0, 0.05) is 31.0 Å². The average Bonchev–Trinajstić information content (AvgIpc) is 3.34. The monoisotopic (exact) mass is 364 g/mol. The molecule has 0 radical (unpaired) electrons. The van der Waals surface area contributed by atoms with Gasteiger partial charge in [-0.1, -0.05) is 30.3 Å². The van der Waals surface area contributed by atoms with E-state index in [0.29, 0.717) is 17.8 Å². The number of nitrogens with one attached hydrogen (secondary N) is 1. The van der Waals surface area contributed by atoms with Crippen LogP contribution < -0.4 is 5.32 Å². The van der Waals surface area contributed by atoms with Crippen molar-refractivity contribution in [3.05, 3.63) is 64.6 Å². The third-order valence-corrected chi connectivity index (χ3v) is 5.19. The molecular weight excluding hydrogens is 340 g/mol. The van der Waals surface area contributed by atoms with Crippen molar-refractivity contribution in [3.63, 3.8) is 0 Å². The first kappa shape index (κ1) is 17.7. The van der Waals surface area contributed by atoms with E-state index in [-0.39, 0.29) is 12.0 Å². The number of amides is 1. The number of carbonyl (C=O) groups excluding carboxylic acids is 1. The van der Waals surface area contributed by atoms with Gasteiger partial charge in [0.25, 0.3) is 5.91 Å². The normalized spacial score (nSPS) is 16.7. The lowest BCUT2D eigenvalue weighted by Crippen LogP contribution is -2.31. The molecule has 1 fully saturated rings. The molecule has 6 nitrogen and oxygen atoms in total. The number of rotatable bonds is 5. The van der Waals surface area contributed by atoms with Gasteiger partial charge in [-0.05, 0) is 37.8 Å². The van der Waals surface area contributed by atoms with Crippen LogP contribution in [-0.4, -0.2) is 39.8 Å². The number of fused-ring (bicyclic) bond motifs is 1. The molecule has 1 saturated heterocycles. The predicted octanol–water partition coefficient (Wildman–Crippen LogP) is 2.85. The first-order valence-corrected chi connectivity index (χ1v) is 9.41. The van der Waals surface area contributed by atoms with Crippen LogP contribution in [-0.2, 0) is 11.2 Å². The summed E-state index contributed by atoms with van der Waals surface area (Å²) in [4.78, 5) is 17.3. The van der Waals surface area contributed by atoms with Crippen molar-refractivity contribution in [1.82, 2.24) is 19.9 Å². The molecule has 1 atom stereocenters. The van der Waals surface area contributed by atoms with Crippen molar-refractivity contribution in [2.75, 3.05) is 13.2 Å². The van der Waals surface area contributed by atoms with Crippen LogP contribution in [0.1, 0.15) is 45.7 Å². The molecule has 0 bridgehead atoms. The third kappa shape index (κ3) is 3.57. The quantitative estimate of drug-likeness (QED) is 0.756. The molecular formula is C21H24N4O2. The second kappa shape index (κ2) is 7.48. The number of carbonyl (C=O) groups is 1. The van der Waals surface area contributed by atoms with Crippen molar-refractivity contribution < 1.29 is 9.53 Å². The SMILES string of the molecule is Cc1nc2c(C(=O)NCC3CCCO3)cnn2c(C)c1Cc1ccccc1. The zero-order chi connectivity index (χ0) is 18.8. The second-order valence-electron chi connectivity index (χ2n) is 7.06. The molecule has 0 spiro atoms. The van der Waals surface area contributed by atoms with Gasteiger partial charge in [-0.25, -0.2) is 9.50 Å². The van der Waals surface area contributed by atoms with Crippen molar-refractivity contribution in [2.24, 2.45) is 0 Å². The molecule has 27 heavy (non-hydrogen) atoms. The lowest BCUT2D eigenvalue weighted by Gasteiger charge is -2.12.